The molecule has 0 heterocycles. The molecule has 6 N–H and O–H groups in total. The van der Waals surface area contributed by atoms with Crippen LogP contribution in [-0.4, -0.2) is 117 Å². The van der Waals surface area contributed by atoms with Crippen molar-refractivity contribution in [1.82, 2.24) is 0 Å². The van der Waals surface area contributed by atoms with Gasteiger partial charge in [0.05, 0.1) is 76.8 Å². The summed E-state index contributed by atoms with van der Waals surface area (Å²) in [5.41, 5.74) is 5.86. The molecule has 0 saturated heterocycles. The molecule has 0 atom stereocenters. The van der Waals surface area contributed by atoms with Crippen LogP contribution in [0, 0.1) is 20.5 Å². The first-order chi connectivity index (χ1) is 47.9. The number of rotatable bonds is 18. The summed E-state index contributed by atoms with van der Waals surface area (Å²) in [6, 6.07) is 51.6. The normalized spacial score (nSPS) is 10.3. The third-order valence-electron chi connectivity index (χ3n) is 12.1. The second-order valence-electron chi connectivity index (χ2n) is 18.0. The van der Waals surface area contributed by atoms with Gasteiger partial charge in [0.15, 0.2) is 0 Å². The summed E-state index contributed by atoms with van der Waals surface area (Å²) in [5, 5.41) is 94.3. The smallest absolute Gasteiger partial charge is 0.870 e. The van der Waals surface area contributed by atoms with E-state index in [-0.39, 0.29) is 143 Å². The molecule has 0 aliphatic rings. The van der Waals surface area contributed by atoms with E-state index in [0.29, 0.717) is 67.5 Å². The Morgan fingerprint density at radius 3 is 0.467 bits per heavy atom. The first-order valence-corrected chi connectivity index (χ1v) is 30.5. The predicted molar refractivity (Wildman–Crippen MR) is 347 cm³/mol. The van der Waals surface area contributed by atoms with Gasteiger partial charge >= 0.3 is 68.3 Å². The summed E-state index contributed by atoms with van der Waals surface area (Å²) < 4.78 is 98.2. The van der Waals surface area contributed by atoms with Gasteiger partial charge < -0.3 is 79.9 Å². The SMILES string of the molecule is CO.CO.CO.COc1cccc(C=Nc2ccccc2N=Cc2cccc(OC)c2[O-])c1[O-].COc1cccc(C=Nc2ccccc2N=Cc2cccc(OC)c2[O-])c1[O-].COc1cccc(C=Nc2ccccc2N=Cc2cccc(OC)c2[O-])c1[O-].[Cu+2].[Cu+2].[Cu+2].[Mn+2].[O-][Cl+3]([O-])([O-])[O-].[O-][Cl+3]([O-])([O-])[O-].[OH3+]. The van der Waals surface area contributed by atoms with Crippen molar-refractivity contribution in [3.63, 3.8) is 0 Å². The Labute approximate surface area is 651 Å². The third-order valence-corrected chi connectivity index (χ3v) is 12.1. The molecule has 0 spiro atoms. The van der Waals surface area contributed by atoms with Crippen LogP contribution in [0.4, 0.5) is 34.1 Å². The van der Waals surface area contributed by atoms with E-state index >= 15 is 0 Å². The van der Waals surface area contributed by atoms with Gasteiger partial charge in [0, 0.05) is 58.6 Å². The van der Waals surface area contributed by atoms with Crippen molar-refractivity contribution in [2.75, 3.05) is 64.0 Å². The number of ether oxygens (including phenoxy) is 6. The molecule has 4 radical (unpaired) electrons. The Morgan fingerprint density at radius 1 is 0.248 bits per heavy atom. The summed E-state index contributed by atoms with van der Waals surface area (Å²) in [7, 11) is 1.80. The molecule has 0 amide bonds. The van der Waals surface area contributed by atoms with Crippen LogP contribution < -0.4 is 96.3 Å². The molecule has 0 fully saturated rings. The molecule has 9 aromatic carbocycles. The molecule has 36 heteroatoms. The van der Waals surface area contributed by atoms with Crippen LogP contribution in [0.3, 0.4) is 0 Å². The van der Waals surface area contributed by atoms with Crippen molar-refractivity contribution in [3.8, 4) is 69.0 Å². The van der Waals surface area contributed by atoms with E-state index in [4.69, 9.17) is 81.0 Å². The number of aliphatic imine (C=N–C) groups is 6. The number of aliphatic hydroxyl groups excluding tert-OH is 3. The summed E-state index contributed by atoms with van der Waals surface area (Å²) in [4.78, 5) is 26.3. The first kappa shape index (κ1) is 102. The second-order valence-corrected chi connectivity index (χ2v) is 19.6. The maximum Gasteiger partial charge on any atom is 2.00 e. The maximum atomic E-state index is 12.2. The van der Waals surface area contributed by atoms with Gasteiger partial charge in [-0.3, -0.25) is 30.0 Å². The van der Waals surface area contributed by atoms with Gasteiger partial charge in [0.25, 0.3) is 0 Å². The molecular formula is C69H69Cl2Cu3MnN6O24+. The first-order valence-electron chi connectivity index (χ1n) is 28.0. The number of nitrogens with zero attached hydrogens (tertiary/aromatic N) is 6. The number of aliphatic hydroxyl groups is 3. The van der Waals surface area contributed by atoms with Crippen LogP contribution in [0.1, 0.15) is 33.4 Å². The van der Waals surface area contributed by atoms with E-state index in [1.54, 1.807) is 146 Å². The number of methoxy groups -OCH3 is 6. The van der Waals surface area contributed by atoms with E-state index < -0.39 is 20.5 Å². The average Bonchev–Trinajstić information content (AvgIpc) is 0.855. The predicted octanol–water partition coefficient (Wildman–Crippen LogP) is -1.56. The quantitative estimate of drug-likeness (QED) is 0.0497. The van der Waals surface area contributed by atoms with Crippen LogP contribution in [0.2, 0.25) is 0 Å². The molecule has 105 heavy (non-hydrogen) atoms. The number of hydrogen-bond acceptors (Lipinski definition) is 29. The van der Waals surface area contributed by atoms with Crippen molar-refractivity contribution < 1.29 is 206 Å². The average molecular weight is 1680 g/mol. The molecule has 0 aliphatic carbocycles. The van der Waals surface area contributed by atoms with Crippen LogP contribution in [0.15, 0.2) is 212 Å². The van der Waals surface area contributed by atoms with Crippen LogP contribution in [-0.2, 0) is 73.8 Å². The molecular weight excluding hydrogens is 1610 g/mol. The Kier molecular flexibility index (Phi) is 53.8. The number of hydrogen-bond donors (Lipinski definition) is 3. The van der Waals surface area contributed by atoms with Crippen molar-refractivity contribution in [2.24, 2.45) is 30.0 Å². The van der Waals surface area contributed by atoms with Crippen molar-refractivity contribution in [3.05, 3.63) is 215 Å². The van der Waals surface area contributed by atoms with E-state index in [1.807, 2.05) is 36.4 Å². The van der Waals surface area contributed by atoms with Gasteiger partial charge in [-0.2, -0.15) is 0 Å². The van der Waals surface area contributed by atoms with Gasteiger partial charge in [-0.15, -0.1) is 20.5 Å². The fourth-order valence-electron chi connectivity index (χ4n) is 7.65. The summed E-state index contributed by atoms with van der Waals surface area (Å²) in [6.07, 6.45) is 8.86. The van der Waals surface area contributed by atoms with E-state index in [9.17, 15) is 30.6 Å². The molecule has 0 aromatic heterocycles. The van der Waals surface area contributed by atoms with E-state index in [2.05, 4.69) is 30.0 Å². The van der Waals surface area contributed by atoms with Gasteiger partial charge in [-0.1, -0.05) is 144 Å². The standard InChI is InChI=1S/3C22H20N2O4.3CH4O.2ClHO4.3Cu.Mn.H2O/c3*1-27-19-11-5-7-15(21(19)25)13-23-17-9-3-4-10-18(17)24-14-16-8-6-12-20(28-2)22(16)26;3*1-2;2*2-1(3,4)5;;;;;/h3*3-14,25-26H,1-2H3;3*2H,1H3;2*(H,2,3,4,5);;;;;1H2/q;;;;;;;;4*+2;/p-7. The summed E-state index contributed by atoms with van der Waals surface area (Å²) >= 11 is 0. The number of para-hydroxylation sites is 12. The summed E-state index contributed by atoms with van der Waals surface area (Å²) in [5.74, 6) is 0.158. The monoisotopic (exact) mass is 1680 g/mol. The van der Waals surface area contributed by atoms with Gasteiger partial charge in [-0.25, -0.2) is 37.3 Å². The minimum Gasteiger partial charge on any atom is -0.870 e. The minimum absolute atomic E-state index is 0. The zero-order valence-corrected chi connectivity index (χ0v) is 62.1. The largest absolute Gasteiger partial charge is 2.00 e. The molecule has 0 saturated carbocycles. The molecule has 9 aromatic rings. The Hall–Kier alpha value is -9.22. The minimum atomic E-state index is -4.94. The van der Waals surface area contributed by atoms with Crippen LogP contribution >= 0.6 is 0 Å². The molecule has 0 aliphatic heterocycles. The fraction of sp³-hybridized carbons (Fsp3) is 0.130. The van der Waals surface area contributed by atoms with E-state index in [1.165, 1.54) is 79.9 Å². The van der Waals surface area contributed by atoms with Crippen LogP contribution in [0.25, 0.3) is 0 Å². The van der Waals surface area contributed by atoms with Gasteiger partial charge in [-0.05, 0) is 106 Å². The van der Waals surface area contributed by atoms with Crippen molar-refractivity contribution in [1.29, 1.82) is 0 Å². The van der Waals surface area contributed by atoms with Crippen LogP contribution in [0.5, 0.6) is 69.0 Å². The Bertz CT molecular complexity index is 3490. The second kappa shape index (κ2) is 55.3. The summed E-state index contributed by atoms with van der Waals surface area (Å²) in [6.45, 7) is 0. The van der Waals surface area contributed by atoms with Gasteiger partial charge in [0.1, 0.15) is 34.5 Å². The molecule has 30 nitrogen and oxygen atoms in total. The van der Waals surface area contributed by atoms with Crippen molar-refractivity contribution >= 4 is 71.4 Å². The number of benzene rings is 9. The zero-order chi connectivity index (χ0) is 74.8. The Balaban J connectivity index is -0.000000645. The molecule has 0 unspecified atom stereocenters. The maximum absolute atomic E-state index is 12.2. The van der Waals surface area contributed by atoms with E-state index in [0.717, 1.165) is 21.3 Å². The molecule has 9 rings (SSSR count). The third kappa shape index (κ3) is 36.4. The van der Waals surface area contributed by atoms with Crippen molar-refractivity contribution in [2.45, 2.75) is 0 Å². The Morgan fingerprint density at radius 2 is 0.362 bits per heavy atom. The van der Waals surface area contributed by atoms with Gasteiger partial charge in [0.2, 0.25) is 0 Å². The fourth-order valence-corrected chi connectivity index (χ4v) is 7.65. The zero-order valence-electron chi connectivity index (χ0n) is 56.6. The topological polar surface area (TPSA) is 546 Å². The molecule has 0 bridgehead atoms. The molecule has 572 valence electrons. The number of halogens is 2.